The van der Waals surface area contributed by atoms with Gasteiger partial charge < -0.3 is 5.32 Å². The molecule has 2 unspecified atom stereocenters. The average Bonchev–Trinajstić information content (AvgIpc) is 2.63. The first-order valence-electron chi connectivity index (χ1n) is 6.11. The van der Waals surface area contributed by atoms with E-state index in [1.54, 1.807) is 0 Å². The van der Waals surface area contributed by atoms with Crippen LogP contribution in [-0.4, -0.2) is 11.9 Å². The van der Waals surface area contributed by atoms with Crippen LogP contribution in [0, 0.1) is 11.8 Å². The van der Waals surface area contributed by atoms with E-state index in [1.165, 1.54) is 5.56 Å². The second kappa shape index (κ2) is 5.09. The molecule has 0 saturated carbocycles. The van der Waals surface area contributed by atoms with Gasteiger partial charge in [-0.05, 0) is 36.5 Å². The van der Waals surface area contributed by atoms with E-state index >= 15 is 0 Å². The lowest BCUT2D eigenvalue weighted by Gasteiger charge is -2.11. The van der Waals surface area contributed by atoms with Crippen molar-refractivity contribution in [3.05, 3.63) is 34.9 Å². The number of amides is 1. The van der Waals surface area contributed by atoms with E-state index in [-0.39, 0.29) is 17.9 Å². The molecule has 0 radical (unpaired) electrons. The SMILES string of the molecule is CC(C)C1CC(Cc2ccc(Cl)cc2)NC1=O. The number of carbonyl (C=O) groups excluding carboxylic acids is 1. The highest BCUT2D eigenvalue weighted by molar-refractivity contribution is 6.30. The summed E-state index contributed by atoms with van der Waals surface area (Å²) in [4.78, 5) is 11.7. The number of hydrogen-bond donors (Lipinski definition) is 1. The lowest BCUT2D eigenvalue weighted by atomic mass is 9.91. The summed E-state index contributed by atoms with van der Waals surface area (Å²) in [6, 6.07) is 8.12. The smallest absolute Gasteiger partial charge is 0.223 e. The first-order chi connectivity index (χ1) is 8.06. The first-order valence-corrected chi connectivity index (χ1v) is 6.49. The molecule has 0 aromatic heterocycles. The second-order valence-electron chi connectivity index (χ2n) is 5.12. The van der Waals surface area contributed by atoms with E-state index in [9.17, 15) is 4.79 Å². The molecule has 1 heterocycles. The lowest BCUT2D eigenvalue weighted by molar-refractivity contribution is -0.123. The van der Waals surface area contributed by atoms with Crippen molar-refractivity contribution in [2.75, 3.05) is 0 Å². The summed E-state index contributed by atoms with van der Waals surface area (Å²) < 4.78 is 0. The minimum absolute atomic E-state index is 0.173. The number of rotatable bonds is 3. The summed E-state index contributed by atoms with van der Waals surface area (Å²) >= 11 is 5.85. The molecule has 17 heavy (non-hydrogen) atoms. The molecule has 1 fully saturated rings. The van der Waals surface area contributed by atoms with Crippen molar-refractivity contribution in [3.63, 3.8) is 0 Å². The van der Waals surface area contributed by atoms with Gasteiger partial charge in [-0.15, -0.1) is 0 Å². The van der Waals surface area contributed by atoms with Crippen molar-refractivity contribution in [3.8, 4) is 0 Å². The fraction of sp³-hybridized carbons (Fsp3) is 0.500. The van der Waals surface area contributed by atoms with Crippen LogP contribution in [0.1, 0.15) is 25.8 Å². The molecule has 1 saturated heterocycles. The first kappa shape index (κ1) is 12.4. The summed E-state index contributed by atoms with van der Waals surface area (Å²) in [5.74, 6) is 0.802. The Labute approximate surface area is 107 Å². The molecule has 0 spiro atoms. The Morgan fingerprint density at radius 1 is 1.35 bits per heavy atom. The second-order valence-corrected chi connectivity index (χ2v) is 5.56. The van der Waals surface area contributed by atoms with Gasteiger partial charge in [0.15, 0.2) is 0 Å². The third-order valence-corrected chi connectivity index (χ3v) is 3.67. The Morgan fingerprint density at radius 3 is 2.53 bits per heavy atom. The van der Waals surface area contributed by atoms with Crippen molar-refractivity contribution < 1.29 is 4.79 Å². The van der Waals surface area contributed by atoms with Crippen molar-refractivity contribution in [2.24, 2.45) is 11.8 Å². The molecule has 0 aliphatic carbocycles. The Bertz CT molecular complexity index is 399. The van der Waals surface area contributed by atoms with Gasteiger partial charge in [0.25, 0.3) is 0 Å². The van der Waals surface area contributed by atoms with Crippen molar-refractivity contribution in [1.82, 2.24) is 5.32 Å². The fourth-order valence-electron chi connectivity index (χ4n) is 2.39. The third kappa shape index (κ3) is 3.01. The van der Waals surface area contributed by atoms with Crippen LogP contribution in [0.4, 0.5) is 0 Å². The van der Waals surface area contributed by atoms with Gasteiger partial charge in [-0.1, -0.05) is 37.6 Å². The van der Waals surface area contributed by atoms with E-state index < -0.39 is 0 Å². The normalized spacial score (nSPS) is 24.1. The van der Waals surface area contributed by atoms with Gasteiger partial charge in [0.2, 0.25) is 5.91 Å². The molecule has 3 heteroatoms. The predicted octanol–water partition coefficient (Wildman–Crippen LogP) is 3.04. The molecule has 2 nitrogen and oxygen atoms in total. The summed E-state index contributed by atoms with van der Waals surface area (Å²) in [5.41, 5.74) is 1.23. The Balaban J connectivity index is 1.97. The highest BCUT2D eigenvalue weighted by Crippen LogP contribution is 2.25. The van der Waals surface area contributed by atoms with E-state index in [0.29, 0.717) is 5.92 Å². The molecular weight excluding hydrogens is 234 g/mol. The molecule has 1 aliphatic rings. The van der Waals surface area contributed by atoms with E-state index in [0.717, 1.165) is 17.9 Å². The summed E-state index contributed by atoms with van der Waals surface area (Å²) in [5, 5.41) is 3.83. The number of benzene rings is 1. The largest absolute Gasteiger partial charge is 0.353 e. The van der Waals surface area contributed by atoms with Gasteiger partial charge in [-0.2, -0.15) is 0 Å². The zero-order chi connectivity index (χ0) is 12.4. The maximum absolute atomic E-state index is 11.7. The number of carbonyl (C=O) groups is 1. The highest BCUT2D eigenvalue weighted by atomic mass is 35.5. The van der Waals surface area contributed by atoms with Gasteiger partial charge in [0, 0.05) is 17.0 Å². The fourth-order valence-corrected chi connectivity index (χ4v) is 2.52. The van der Waals surface area contributed by atoms with Crippen molar-refractivity contribution in [1.29, 1.82) is 0 Å². The van der Waals surface area contributed by atoms with Gasteiger partial charge in [0.1, 0.15) is 0 Å². The van der Waals surface area contributed by atoms with Crippen LogP contribution in [-0.2, 0) is 11.2 Å². The summed E-state index contributed by atoms with van der Waals surface area (Å²) in [6.45, 7) is 4.21. The molecule has 1 amide bonds. The number of nitrogens with one attached hydrogen (secondary N) is 1. The zero-order valence-corrected chi connectivity index (χ0v) is 11.0. The van der Waals surface area contributed by atoms with Gasteiger partial charge in [0.05, 0.1) is 0 Å². The molecule has 2 rings (SSSR count). The molecule has 1 aromatic rings. The molecular formula is C14H18ClNO. The van der Waals surface area contributed by atoms with Gasteiger partial charge in [-0.3, -0.25) is 4.79 Å². The Kier molecular flexibility index (Phi) is 3.72. The van der Waals surface area contributed by atoms with Crippen LogP contribution >= 0.6 is 11.6 Å². The molecule has 1 aliphatic heterocycles. The van der Waals surface area contributed by atoms with Crippen LogP contribution in [0.25, 0.3) is 0 Å². The van der Waals surface area contributed by atoms with Crippen LogP contribution in [0.5, 0.6) is 0 Å². The number of hydrogen-bond acceptors (Lipinski definition) is 1. The molecule has 0 bridgehead atoms. The molecule has 2 atom stereocenters. The van der Waals surface area contributed by atoms with Crippen LogP contribution < -0.4 is 5.32 Å². The standard InChI is InChI=1S/C14H18ClNO/c1-9(2)13-8-12(16-14(13)17)7-10-3-5-11(15)6-4-10/h3-6,9,12-13H,7-8H2,1-2H3,(H,16,17). The van der Waals surface area contributed by atoms with Crippen LogP contribution in [0.2, 0.25) is 5.02 Å². The third-order valence-electron chi connectivity index (χ3n) is 3.42. The predicted molar refractivity (Wildman–Crippen MR) is 70.0 cm³/mol. The molecule has 92 valence electrons. The lowest BCUT2D eigenvalue weighted by Crippen LogP contribution is -2.28. The highest BCUT2D eigenvalue weighted by Gasteiger charge is 2.33. The maximum atomic E-state index is 11.7. The van der Waals surface area contributed by atoms with Crippen molar-refractivity contribution >= 4 is 17.5 Å². The minimum atomic E-state index is 0.173. The monoisotopic (exact) mass is 251 g/mol. The van der Waals surface area contributed by atoms with E-state index in [1.807, 2.05) is 24.3 Å². The van der Waals surface area contributed by atoms with Crippen LogP contribution in [0.15, 0.2) is 24.3 Å². The Morgan fingerprint density at radius 2 is 2.00 bits per heavy atom. The zero-order valence-electron chi connectivity index (χ0n) is 10.2. The van der Waals surface area contributed by atoms with Gasteiger partial charge in [-0.25, -0.2) is 0 Å². The summed E-state index contributed by atoms with van der Waals surface area (Å²) in [6.07, 6.45) is 1.84. The quantitative estimate of drug-likeness (QED) is 0.879. The molecule has 1 aromatic carbocycles. The van der Waals surface area contributed by atoms with E-state index in [4.69, 9.17) is 11.6 Å². The number of halogens is 1. The molecule has 1 N–H and O–H groups in total. The average molecular weight is 252 g/mol. The van der Waals surface area contributed by atoms with Crippen LogP contribution in [0.3, 0.4) is 0 Å². The topological polar surface area (TPSA) is 29.1 Å². The Hall–Kier alpha value is -1.02. The van der Waals surface area contributed by atoms with Crippen molar-refractivity contribution in [2.45, 2.75) is 32.7 Å². The maximum Gasteiger partial charge on any atom is 0.223 e. The summed E-state index contributed by atoms with van der Waals surface area (Å²) in [7, 11) is 0. The minimum Gasteiger partial charge on any atom is -0.353 e. The van der Waals surface area contributed by atoms with E-state index in [2.05, 4.69) is 19.2 Å². The van der Waals surface area contributed by atoms with Gasteiger partial charge >= 0.3 is 0 Å².